The fourth-order valence-corrected chi connectivity index (χ4v) is 10.2. The van der Waals surface area contributed by atoms with Gasteiger partial charge in [-0.2, -0.15) is 0 Å². The molecule has 10 rings (SSSR count). The average Bonchev–Trinajstić information content (AvgIpc) is 3.16. The molecule has 0 bridgehead atoms. The predicted octanol–water partition coefficient (Wildman–Crippen LogP) is 13.3. The molecule has 7 aromatic carbocycles. The molecule has 2 heterocycles. The Hall–Kier alpha value is -5.40. The first kappa shape index (κ1) is 31.3. The van der Waals surface area contributed by atoms with E-state index in [0.717, 1.165) is 6.42 Å². The maximum atomic E-state index is 2.63. The van der Waals surface area contributed by atoms with Crippen LogP contribution in [0.2, 0.25) is 0 Å². The highest BCUT2D eigenvalue weighted by Gasteiger charge is 2.47. The van der Waals surface area contributed by atoms with Gasteiger partial charge in [-0.25, -0.2) is 0 Å². The third-order valence-electron chi connectivity index (χ3n) is 13.0. The molecule has 0 unspecified atom stereocenters. The minimum atomic E-state index is -0.189. The van der Waals surface area contributed by atoms with Crippen LogP contribution in [0.5, 0.6) is 0 Å². The summed E-state index contributed by atoms with van der Waals surface area (Å²) < 4.78 is 0. The molecule has 0 aromatic heterocycles. The highest BCUT2D eigenvalue weighted by atomic mass is 15.2. The van der Waals surface area contributed by atoms with Crippen LogP contribution in [0.3, 0.4) is 0 Å². The van der Waals surface area contributed by atoms with Gasteiger partial charge in [0.25, 0.3) is 0 Å². The number of benzene rings is 7. The molecule has 0 amide bonds. The Labute approximate surface area is 308 Å². The van der Waals surface area contributed by atoms with Crippen molar-refractivity contribution in [3.63, 3.8) is 0 Å². The number of hydrogen-bond donors (Lipinski definition) is 0. The van der Waals surface area contributed by atoms with Crippen molar-refractivity contribution in [2.75, 3.05) is 4.90 Å². The summed E-state index contributed by atoms with van der Waals surface area (Å²) in [5.41, 5.74) is 18.8. The number of fused-ring (bicyclic) bond motifs is 7. The first-order valence-corrected chi connectivity index (χ1v) is 19.0. The summed E-state index contributed by atoms with van der Waals surface area (Å²) in [6, 6.07) is 55.2. The van der Waals surface area contributed by atoms with E-state index in [0.29, 0.717) is 0 Å². The van der Waals surface area contributed by atoms with Gasteiger partial charge in [0.2, 0.25) is 0 Å². The quantitative estimate of drug-likeness (QED) is 0.180. The molecule has 0 fully saturated rings. The van der Waals surface area contributed by atoms with Crippen LogP contribution in [-0.4, -0.2) is 0 Å². The van der Waals surface area contributed by atoms with Gasteiger partial charge in [0.1, 0.15) is 0 Å². The van der Waals surface area contributed by atoms with Crippen LogP contribution in [0.4, 0.5) is 17.1 Å². The summed E-state index contributed by atoms with van der Waals surface area (Å²) in [4.78, 5) is 2.63. The lowest BCUT2D eigenvalue weighted by molar-refractivity contribution is 0.598. The summed E-state index contributed by atoms with van der Waals surface area (Å²) in [6.07, 6.45) is 0.954. The molecule has 254 valence electrons. The van der Waals surface area contributed by atoms with Gasteiger partial charge < -0.3 is 4.90 Å². The lowest BCUT2D eigenvalue weighted by atomic mass is 9.63. The van der Waals surface area contributed by atoms with E-state index in [1.54, 1.807) is 0 Å². The molecule has 0 saturated carbocycles. The molecule has 52 heavy (non-hydrogen) atoms. The van der Waals surface area contributed by atoms with Gasteiger partial charge in [-0.1, -0.05) is 175 Å². The summed E-state index contributed by atoms with van der Waals surface area (Å²) >= 11 is 0. The third-order valence-corrected chi connectivity index (χ3v) is 13.0. The van der Waals surface area contributed by atoms with Crippen molar-refractivity contribution in [1.82, 2.24) is 0 Å². The zero-order valence-electron chi connectivity index (χ0n) is 31.1. The highest BCUT2D eigenvalue weighted by Crippen LogP contribution is 2.63. The minimum Gasteiger partial charge on any atom is -0.309 e. The van der Waals surface area contributed by atoms with Crippen LogP contribution in [-0.2, 0) is 22.7 Å². The Morgan fingerprint density at radius 2 is 1.00 bits per heavy atom. The number of anilines is 3. The zero-order valence-corrected chi connectivity index (χ0v) is 31.1. The summed E-state index contributed by atoms with van der Waals surface area (Å²) in [6.45, 7) is 14.6. The second-order valence-electron chi connectivity index (χ2n) is 16.9. The summed E-state index contributed by atoms with van der Waals surface area (Å²) in [5.74, 6) is 0.290. The van der Waals surface area contributed by atoms with Crippen LogP contribution in [0.15, 0.2) is 146 Å². The van der Waals surface area contributed by atoms with E-state index in [1.165, 1.54) is 89.0 Å². The van der Waals surface area contributed by atoms with Gasteiger partial charge >= 0.3 is 0 Å². The number of hydrogen-bond acceptors (Lipinski definition) is 1. The second-order valence-corrected chi connectivity index (χ2v) is 16.9. The van der Waals surface area contributed by atoms with Gasteiger partial charge in [0.05, 0.1) is 17.1 Å². The van der Waals surface area contributed by atoms with E-state index in [2.05, 4.69) is 192 Å². The van der Waals surface area contributed by atoms with Crippen LogP contribution in [0.1, 0.15) is 97.5 Å². The Morgan fingerprint density at radius 3 is 1.69 bits per heavy atom. The van der Waals surface area contributed by atoms with Crippen LogP contribution in [0.25, 0.3) is 21.9 Å². The van der Waals surface area contributed by atoms with Crippen LogP contribution in [0, 0.1) is 0 Å². The topological polar surface area (TPSA) is 3.24 Å². The number of rotatable bonds is 4. The van der Waals surface area contributed by atoms with Crippen molar-refractivity contribution in [2.45, 2.75) is 70.1 Å². The maximum Gasteiger partial charge on any atom is 0.0581 e. The molecular weight excluding hydrogens is 627 g/mol. The van der Waals surface area contributed by atoms with Crippen molar-refractivity contribution in [3.8, 4) is 11.1 Å². The molecule has 1 nitrogen and oxygen atoms in total. The smallest absolute Gasteiger partial charge is 0.0581 e. The molecular formula is C51H45N. The van der Waals surface area contributed by atoms with Crippen LogP contribution < -0.4 is 4.90 Å². The van der Waals surface area contributed by atoms with Crippen molar-refractivity contribution < 1.29 is 0 Å². The predicted molar refractivity (Wildman–Crippen MR) is 219 cm³/mol. The van der Waals surface area contributed by atoms with Crippen LogP contribution >= 0.6 is 0 Å². The monoisotopic (exact) mass is 671 g/mol. The van der Waals surface area contributed by atoms with Crippen molar-refractivity contribution in [1.29, 1.82) is 0 Å². The number of para-hydroxylation sites is 2. The SMILES string of the molecule is CC1(C)c2ccccc2N2c3c1cccc3C(C)(C)c1cc3c4c(cccc4c12)C(C)(C)c1cc(CC(c2ccccc2)c2ccccc2)ccc1-3. The Kier molecular flexibility index (Phi) is 6.52. The molecule has 2 aliphatic heterocycles. The van der Waals surface area contributed by atoms with E-state index in [9.17, 15) is 0 Å². The second kappa shape index (κ2) is 10.8. The third kappa shape index (κ3) is 4.17. The molecule has 0 atom stereocenters. The number of nitrogens with zero attached hydrogens (tertiary/aromatic N) is 1. The Balaban J connectivity index is 1.20. The molecule has 3 aliphatic rings. The molecule has 1 aliphatic carbocycles. The summed E-state index contributed by atoms with van der Waals surface area (Å²) in [7, 11) is 0. The fraction of sp³-hybridized carbons (Fsp3) is 0.216. The standard InChI is InChI=1S/C51H45N/c1-49(2)39-22-13-14-26-45(39)52-47-36-21-15-23-40-46(36)38(31-44(47)51(5,6)42-25-16-24-41(49)48(42)52)35-28-27-32(30-43(35)50(40,3)4)29-37(33-17-9-7-10-18-33)34-19-11-8-12-20-34/h7-28,30-31,37H,29H2,1-6H3. The van der Waals surface area contributed by atoms with Crippen molar-refractivity contribution in [3.05, 3.63) is 196 Å². The summed E-state index contributed by atoms with van der Waals surface area (Å²) in [5, 5.41) is 2.75. The van der Waals surface area contributed by atoms with E-state index in [1.807, 2.05) is 0 Å². The van der Waals surface area contributed by atoms with Gasteiger partial charge in [0, 0.05) is 27.5 Å². The van der Waals surface area contributed by atoms with Gasteiger partial charge in [-0.3, -0.25) is 0 Å². The van der Waals surface area contributed by atoms with E-state index >= 15 is 0 Å². The Morgan fingerprint density at radius 1 is 0.442 bits per heavy atom. The Bertz CT molecular complexity index is 2530. The zero-order chi connectivity index (χ0) is 35.6. The van der Waals surface area contributed by atoms with Crippen molar-refractivity contribution >= 4 is 27.8 Å². The normalized spacial score (nSPS) is 16.6. The molecule has 1 heteroatoms. The molecule has 0 N–H and O–H groups in total. The molecule has 0 saturated heterocycles. The lowest BCUT2D eigenvalue weighted by Crippen LogP contribution is -2.38. The maximum absolute atomic E-state index is 2.63. The van der Waals surface area contributed by atoms with Gasteiger partial charge in [-0.15, -0.1) is 0 Å². The highest BCUT2D eigenvalue weighted by molar-refractivity contribution is 6.13. The van der Waals surface area contributed by atoms with Gasteiger partial charge in [0.15, 0.2) is 0 Å². The lowest BCUT2D eigenvalue weighted by Gasteiger charge is -2.50. The molecule has 0 spiro atoms. The van der Waals surface area contributed by atoms with Gasteiger partial charge in [-0.05, 0) is 85.1 Å². The van der Waals surface area contributed by atoms with E-state index in [4.69, 9.17) is 0 Å². The van der Waals surface area contributed by atoms with E-state index in [-0.39, 0.29) is 22.2 Å². The first-order chi connectivity index (χ1) is 25.1. The minimum absolute atomic E-state index is 0.100. The van der Waals surface area contributed by atoms with Crippen molar-refractivity contribution in [2.24, 2.45) is 0 Å². The first-order valence-electron chi connectivity index (χ1n) is 19.0. The molecule has 7 aromatic rings. The van der Waals surface area contributed by atoms with E-state index < -0.39 is 0 Å². The average molecular weight is 672 g/mol. The largest absolute Gasteiger partial charge is 0.309 e. The fourth-order valence-electron chi connectivity index (χ4n) is 10.2. The molecule has 0 radical (unpaired) electrons.